The number of halogens is 1. The molecule has 1 aromatic rings. The van der Waals surface area contributed by atoms with Crippen molar-refractivity contribution in [2.45, 2.75) is 32.0 Å². The molecule has 0 radical (unpaired) electrons. The van der Waals surface area contributed by atoms with Crippen molar-refractivity contribution in [2.75, 3.05) is 13.1 Å². The van der Waals surface area contributed by atoms with Gasteiger partial charge in [-0.2, -0.15) is 0 Å². The summed E-state index contributed by atoms with van der Waals surface area (Å²) in [6.07, 6.45) is -0.455. The van der Waals surface area contributed by atoms with Gasteiger partial charge >= 0.3 is 12.1 Å². The lowest BCUT2D eigenvalue weighted by Crippen LogP contribution is -2.50. The van der Waals surface area contributed by atoms with Crippen LogP contribution in [-0.4, -0.2) is 47.2 Å². The monoisotopic (exact) mass is 385 g/mol. The van der Waals surface area contributed by atoms with E-state index in [4.69, 9.17) is 15.6 Å². The van der Waals surface area contributed by atoms with Gasteiger partial charge in [0, 0.05) is 13.1 Å². The molecule has 1 saturated heterocycles. The van der Waals surface area contributed by atoms with Crippen molar-refractivity contribution in [2.24, 2.45) is 11.7 Å². The highest BCUT2D eigenvalue weighted by atomic mass is 35.5. The summed E-state index contributed by atoms with van der Waals surface area (Å²) in [5.41, 5.74) is 6.46. The van der Waals surface area contributed by atoms with E-state index in [1.807, 2.05) is 30.3 Å². The Morgan fingerprint density at radius 3 is 2.65 bits per heavy atom. The summed E-state index contributed by atoms with van der Waals surface area (Å²) < 4.78 is 5.28. The number of carbonyl (C=O) groups excluding carboxylic acids is 2. The van der Waals surface area contributed by atoms with Crippen LogP contribution in [0.4, 0.5) is 4.79 Å². The number of nitrogens with two attached hydrogens (primary N) is 1. The number of aliphatic carboxylic acids is 1. The molecule has 1 fully saturated rings. The maximum Gasteiger partial charge on any atom is 0.410 e. The lowest BCUT2D eigenvalue weighted by molar-refractivity contribution is -0.137. The Morgan fingerprint density at radius 1 is 1.31 bits per heavy atom. The van der Waals surface area contributed by atoms with Gasteiger partial charge in [-0.05, 0) is 18.4 Å². The molecule has 0 aliphatic carbocycles. The van der Waals surface area contributed by atoms with Crippen molar-refractivity contribution >= 4 is 30.4 Å². The average Bonchev–Trinajstić information content (AvgIpc) is 2.60. The predicted molar refractivity (Wildman–Crippen MR) is 96.5 cm³/mol. The highest BCUT2D eigenvalue weighted by molar-refractivity contribution is 5.85. The van der Waals surface area contributed by atoms with Gasteiger partial charge in [0.1, 0.15) is 6.61 Å². The first-order chi connectivity index (χ1) is 12.0. The Bertz CT molecular complexity index is 614. The molecule has 1 aliphatic heterocycles. The Morgan fingerprint density at radius 2 is 2.00 bits per heavy atom. The van der Waals surface area contributed by atoms with Crippen LogP contribution in [0.25, 0.3) is 0 Å². The third-order valence-corrected chi connectivity index (χ3v) is 3.98. The van der Waals surface area contributed by atoms with Crippen LogP contribution in [0, 0.1) is 5.92 Å². The minimum absolute atomic E-state index is 0. The fraction of sp³-hybridized carbons (Fsp3) is 0.471. The van der Waals surface area contributed by atoms with Gasteiger partial charge in [0.2, 0.25) is 5.91 Å². The normalized spacial score (nSPS) is 17.6. The van der Waals surface area contributed by atoms with E-state index in [9.17, 15) is 14.4 Å². The largest absolute Gasteiger partial charge is 0.481 e. The minimum atomic E-state index is -1.08. The molecule has 2 atom stereocenters. The second-order valence-corrected chi connectivity index (χ2v) is 6.04. The van der Waals surface area contributed by atoms with Crippen LogP contribution in [0.1, 0.15) is 24.8 Å². The van der Waals surface area contributed by atoms with Crippen LogP contribution < -0.4 is 11.1 Å². The molecule has 0 bridgehead atoms. The molecule has 9 heteroatoms. The number of rotatable bonds is 6. The van der Waals surface area contributed by atoms with Crippen molar-refractivity contribution in [1.82, 2.24) is 10.2 Å². The van der Waals surface area contributed by atoms with Crippen LogP contribution in [0.5, 0.6) is 0 Å². The molecule has 4 N–H and O–H groups in total. The van der Waals surface area contributed by atoms with E-state index >= 15 is 0 Å². The number of piperidine rings is 1. The zero-order valence-corrected chi connectivity index (χ0v) is 15.1. The summed E-state index contributed by atoms with van der Waals surface area (Å²) in [6.45, 7) is 0.939. The average molecular weight is 386 g/mol. The van der Waals surface area contributed by atoms with Crippen molar-refractivity contribution < 1.29 is 24.2 Å². The van der Waals surface area contributed by atoms with Gasteiger partial charge in [0.05, 0.1) is 18.5 Å². The van der Waals surface area contributed by atoms with E-state index in [1.54, 1.807) is 0 Å². The molecular weight excluding hydrogens is 362 g/mol. The summed E-state index contributed by atoms with van der Waals surface area (Å²) in [6, 6.07) is 9.34. The molecule has 2 rings (SSSR count). The van der Waals surface area contributed by atoms with Crippen molar-refractivity contribution in [3.8, 4) is 0 Å². The highest BCUT2D eigenvalue weighted by Gasteiger charge is 2.30. The summed E-state index contributed by atoms with van der Waals surface area (Å²) in [4.78, 5) is 36.4. The van der Waals surface area contributed by atoms with E-state index in [2.05, 4.69) is 5.32 Å². The Hall–Kier alpha value is -2.32. The van der Waals surface area contributed by atoms with Crippen LogP contribution in [0.3, 0.4) is 0 Å². The molecule has 0 aromatic heterocycles. The van der Waals surface area contributed by atoms with Gasteiger partial charge in [0.25, 0.3) is 0 Å². The molecule has 1 heterocycles. The second kappa shape index (κ2) is 10.6. The number of carboxylic acids is 1. The smallest absolute Gasteiger partial charge is 0.410 e. The molecule has 8 nitrogen and oxygen atoms in total. The SMILES string of the molecule is Cl.N[C@H](CC(=O)O)NC(=O)C1CCCN(C(=O)OCc2ccccc2)C1. The maximum atomic E-state index is 12.2. The summed E-state index contributed by atoms with van der Waals surface area (Å²) in [5, 5.41) is 11.2. The first kappa shape index (κ1) is 21.7. The standard InChI is InChI=1S/C17H23N3O5.ClH/c18-14(9-15(21)22)19-16(23)13-7-4-8-20(10-13)17(24)25-11-12-5-2-1-3-6-12;/h1-3,5-6,13-14H,4,7-11,18H2,(H,19,23)(H,21,22);1H/t13?,14-;/m0./s1. The number of carboxylic acid groups (broad SMARTS) is 1. The predicted octanol–water partition coefficient (Wildman–Crippen LogP) is 1.33. The zero-order chi connectivity index (χ0) is 18.2. The number of amides is 2. The Kier molecular flexibility index (Phi) is 8.87. The lowest BCUT2D eigenvalue weighted by atomic mass is 9.97. The van der Waals surface area contributed by atoms with Gasteiger partial charge < -0.3 is 25.8 Å². The van der Waals surface area contributed by atoms with Gasteiger partial charge in [0.15, 0.2) is 0 Å². The summed E-state index contributed by atoms with van der Waals surface area (Å²) in [5.74, 6) is -1.84. The number of carbonyl (C=O) groups is 3. The summed E-state index contributed by atoms with van der Waals surface area (Å²) >= 11 is 0. The number of benzene rings is 1. The fourth-order valence-electron chi connectivity index (χ4n) is 2.71. The Balaban J connectivity index is 0.00000338. The van der Waals surface area contributed by atoms with Crippen LogP contribution in [0.15, 0.2) is 30.3 Å². The molecule has 144 valence electrons. The molecule has 0 spiro atoms. The van der Waals surface area contributed by atoms with Crippen LogP contribution in [-0.2, 0) is 20.9 Å². The Labute approximate surface area is 158 Å². The first-order valence-corrected chi connectivity index (χ1v) is 8.19. The molecule has 1 aliphatic rings. The van der Waals surface area contributed by atoms with Gasteiger partial charge in [-0.3, -0.25) is 9.59 Å². The third kappa shape index (κ3) is 6.89. The van der Waals surface area contributed by atoms with Gasteiger partial charge in [-0.1, -0.05) is 30.3 Å². The van der Waals surface area contributed by atoms with E-state index in [1.165, 1.54) is 4.90 Å². The minimum Gasteiger partial charge on any atom is -0.481 e. The van der Waals surface area contributed by atoms with Gasteiger partial charge in [-0.15, -0.1) is 12.4 Å². The molecule has 0 saturated carbocycles. The zero-order valence-electron chi connectivity index (χ0n) is 14.3. The second-order valence-electron chi connectivity index (χ2n) is 6.04. The van der Waals surface area contributed by atoms with Crippen LogP contribution >= 0.6 is 12.4 Å². The number of nitrogens with one attached hydrogen (secondary N) is 1. The van der Waals surface area contributed by atoms with Gasteiger partial charge in [-0.25, -0.2) is 4.79 Å². The quantitative estimate of drug-likeness (QED) is 0.635. The number of hydrogen-bond donors (Lipinski definition) is 3. The number of nitrogens with zero attached hydrogens (tertiary/aromatic N) is 1. The van der Waals surface area contributed by atoms with Crippen molar-refractivity contribution in [1.29, 1.82) is 0 Å². The first-order valence-electron chi connectivity index (χ1n) is 8.19. The topological polar surface area (TPSA) is 122 Å². The molecule has 2 amide bonds. The number of likely N-dealkylation sites (tertiary alicyclic amines) is 1. The van der Waals surface area contributed by atoms with E-state index in [0.717, 1.165) is 5.56 Å². The molecule has 1 aromatic carbocycles. The van der Waals surface area contributed by atoms with E-state index in [0.29, 0.717) is 19.4 Å². The fourth-order valence-corrected chi connectivity index (χ4v) is 2.71. The number of hydrogen-bond acceptors (Lipinski definition) is 5. The van der Waals surface area contributed by atoms with Crippen molar-refractivity contribution in [3.05, 3.63) is 35.9 Å². The summed E-state index contributed by atoms with van der Waals surface area (Å²) in [7, 11) is 0. The highest BCUT2D eigenvalue weighted by Crippen LogP contribution is 2.18. The van der Waals surface area contributed by atoms with Crippen LogP contribution in [0.2, 0.25) is 0 Å². The van der Waals surface area contributed by atoms with Crippen molar-refractivity contribution in [3.63, 3.8) is 0 Å². The number of ether oxygens (including phenoxy) is 1. The maximum absolute atomic E-state index is 12.2. The lowest BCUT2D eigenvalue weighted by Gasteiger charge is -2.31. The molecular formula is C17H24ClN3O5. The van der Waals surface area contributed by atoms with E-state index in [-0.39, 0.29) is 37.9 Å². The molecule has 1 unspecified atom stereocenters. The third-order valence-electron chi connectivity index (χ3n) is 3.98. The van der Waals surface area contributed by atoms with E-state index < -0.39 is 24.1 Å². The molecule has 26 heavy (non-hydrogen) atoms.